The van der Waals surface area contributed by atoms with Crippen LogP contribution in [0.5, 0.6) is 0 Å². The van der Waals surface area contributed by atoms with Gasteiger partial charge in [0.25, 0.3) is 0 Å². The molecule has 0 spiro atoms. The number of anilines is 1. The van der Waals surface area contributed by atoms with Gasteiger partial charge in [-0.05, 0) is 49.1 Å². The van der Waals surface area contributed by atoms with E-state index in [4.69, 9.17) is 4.42 Å². The molecule has 0 saturated carbocycles. The van der Waals surface area contributed by atoms with Gasteiger partial charge in [-0.3, -0.25) is 0 Å². The summed E-state index contributed by atoms with van der Waals surface area (Å²) in [5, 5.41) is 9.43. The zero-order valence-corrected chi connectivity index (χ0v) is 11.7. The molecule has 1 atom stereocenters. The van der Waals surface area contributed by atoms with E-state index in [0.717, 1.165) is 35.7 Å². The predicted molar refractivity (Wildman–Crippen MR) is 79.5 cm³/mol. The Morgan fingerprint density at radius 2 is 2.25 bits per heavy atom. The van der Waals surface area contributed by atoms with Crippen molar-refractivity contribution in [2.45, 2.75) is 19.8 Å². The maximum atomic E-state index is 9.43. The first-order valence-corrected chi connectivity index (χ1v) is 7.11. The highest BCUT2D eigenvalue weighted by Crippen LogP contribution is 2.30. The van der Waals surface area contributed by atoms with Gasteiger partial charge in [0.15, 0.2) is 0 Å². The first-order valence-electron chi connectivity index (χ1n) is 7.11. The number of hydrogen-bond donors (Lipinski definition) is 0. The van der Waals surface area contributed by atoms with E-state index in [-0.39, 0.29) is 0 Å². The Kier molecular flexibility index (Phi) is 3.47. The minimum Gasteiger partial charge on any atom is -0.464 e. The topological polar surface area (TPSA) is 40.2 Å². The van der Waals surface area contributed by atoms with Gasteiger partial charge in [-0.2, -0.15) is 5.26 Å². The van der Waals surface area contributed by atoms with Crippen LogP contribution < -0.4 is 4.90 Å². The summed E-state index contributed by atoms with van der Waals surface area (Å²) in [6.45, 7) is 4.35. The van der Waals surface area contributed by atoms with Crippen LogP contribution in [0.25, 0.3) is 11.3 Å². The van der Waals surface area contributed by atoms with Crippen LogP contribution in [-0.4, -0.2) is 13.1 Å². The van der Waals surface area contributed by atoms with Gasteiger partial charge in [0, 0.05) is 18.7 Å². The van der Waals surface area contributed by atoms with E-state index >= 15 is 0 Å². The number of hydrogen-bond acceptors (Lipinski definition) is 3. The molecule has 0 amide bonds. The molecule has 1 aromatic heterocycles. The van der Waals surface area contributed by atoms with E-state index in [1.165, 1.54) is 12.8 Å². The molecular formula is C17H18N2O. The summed E-state index contributed by atoms with van der Waals surface area (Å²) in [6.07, 6.45) is 4.14. The van der Waals surface area contributed by atoms with Crippen LogP contribution in [0.2, 0.25) is 0 Å². The highest BCUT2D eigenvalue weighted by molar-refractivity contribution is 5.69. The number of furan rings is 1. The minimum atomic E-state index is 0.694. The van der Waals surface area contributed by atoms with Crippen molar-refractivity contribution in [2.75, 3.05) is 18.0 Å². The van der Waals surface area contributed by atoms with Crippen LogP contribution in [-0.2, 0) is 0 Å². The normalized spacial score (nSPS) is 18.8. The average Bonchev–Trinajstić information content (AvgIpc) is 3.01. The standard InChI is InChI=1S/C17H18N2O/c1-13-4-2-8-19(12-13)16-7-6-14(10-15(16)11-18)17-5-3-9-20-17/h3,5-7,9-10,13H,2,4,8,12H2,1H3. The summed E-state index contributed by atoms with van der Waals surface area (Å²) in [4.78, 5) is 2.33. The van der Waals surface area contributed by atoms with Crippen molar-refractivity contribution in [3.63, 3.8) is 0 Å². The quantitative estimate of drug-likeness (QED) is 0.823. The van der Waals surface area contributed by atoms with E-state index < -0.39 is 0 Å². The minimum absolute atomic E-state index is 0.694. The molecule has 0 aliphatic carbocycles. The highest BCUT2D eigenvalue weighted by atomic mass is 16.3. The van der Waals surface area contributed by atoms with E-state index in [9.17, 15) is 5.26 Å². The van der Waals surface area contributed by atoms with Crippen LogP contribution in [0.15, 0.2) is 41.0 Å². The fourth-order valence-electron chi connectivity index (χ4n) is 2.91. The first-order chi connectivity index (χ1) is 9.78. The van der Waals surface area contributed by atoms with Crippen LogP contribution in [0.1, 0.15) is 25.3 Å². The Balaban J connectivity index is 1.94. The molecule has 1 aliphatic heterocycles. The maximum Gasteiger partial charge on any atom is 0.133 e. The first kappa shape index (κ1) is 12.8. The van der Waals surface area contributed by atoms with E-state index in [0.29, 0.717) is 5.92 Å². The number of nitrogens with zero attached hydrogens (tertiary/aromatic N) is 2. The molecule has 0 radical (unpaired) electrons. The molecule has 2 heterocycles. The zero-order valence-electron chi connectivity index (χ0n) is 11.7. The second kappa shape index (κ2) is 5.42. The van der Waals surface area contributed by atoms with Gasteiger partial charge in [-0.25, -0.2) is 0 Å². The summed E-state index contributed by atoms with van der Waals surface area (Å²) in [7, 11) is 0. The second-order valence-corrected chi connectivity index (χ2v) is 5.51. The molecule has 3 rings (SSSR count). The predicted octanol–water partition coefficient (Wildman–Crippen LogP) is 4.05. The highest BCUT2D eigenvalue weighted by Gasteiger charge is 2.19. The molecule has 1 aromatic carbocycles. The Hall–Kier alpha value is -2.21. The molecule has 1 fully saturated rings. The number of nitriles is 1. The lowest BCUT2D eigenvalue weighted by molar-refractivity contribution is 0.446. The Morgan fingerprint density at radius 1 is 1.35 bits per heavy atom. The average molecular weight is 266 g/mol. The van der Waals surface area contributed by atoms with Crippen LogP contribution in [0, 0.1) is 17.2 Å². The molecular weight excluding hydrogens is 248 g/mol. The lowest BCUT2D eigenvalue weighted by atomic mass is 9.98. The molecule has 1 aliphatic rings. The van der Waals surface area contributed by atoms with E-state index in [1.807, 2.05) is 24.3 Å². The number of piperidine rings is 1. The van der Waals surface area contributed by atoms with Crippen molar-refractivity contribution in [1.82, 2.24) is 0 Å². The van der Waals surface area contributed by atoms with Gasteiger partial charge >= 0.3 is 0 Å². The lowest BCUT2D eigenvalue weighted by Gasteiger charge is -2.33. The third-order valence-corrected chi connectivity index (χ3v) is 3.92. The summed E-state index contributed by atoms with van der Waals surface area (Å²) in [6, 6.07) is 12.1. The smallest absolute Gasteiger partial charge is 0.133 e. The molecule has 1 unspecified atom stereocenters. The van der Waals surface area contributed by atoms with Crippen molar-refractivity contribution >= 4 is 5.69 Å². The Bertz CT molecular complexity index is 625. The van der Waals surface area contributed by atoms with Gasteiger partial charge in [-0.15, -0.1) is 0 Å². The Labute approximate surface area is 119 Å². The molecule has 102 valence electrons. The fourth-order valence-corrected chi connectivity index (χ4v) is 2.91. The van der Waals surface area contributed by atoms with Gasteiger partial charge in [-0.1, -0.05) is 6.92 Å². The lowest BCUT2D eigenvalue weighted by Crippen LogP contribution is -2.34. The summed E-state index contributed by atoms with van der Waals surface area (Å²) in [5.74, 6) is 1.50. The van der Waals surface area contributed by atoms with Crippen molar-refractivity contribution in [3.05, 3.63) is 42.2 Å². The molecule has 2 aromatic rings. The maximum absolute atomic E-state index is 9.43. The van der Waals surface area contributed by atoms with Crippen LogP contribution in [0.4, 0.5) is 5.69 Å². The monoisotopic (exact) mass is 266 g/mol. The molecule has 3 nitrogen and oxygen atoms in total. The summed E-state index contributed by atoms with van der Waals surface area (Å²) >= 11 is 0. The molecule has 1 saturated heterocycles. The van der Waals surface area contributed by atoms with Crippen LogP contribution >= 0.6 is 0 Å². The summed E-state index contributed by atoms with van der Waals surface area (Å²) in [5.41, 5.74) is 2.74. The Morgan fingerprint density at radius 3 is 2.95 bits per heavy atom. The van der Waals surface area contributed by atoms with Crippen molar-refractivity contribution in [1.29, 1.82) is 5.26 Å². The fraction of sp³-hybridized carbons (Fsp3) is 0.353. The zero-order chi connectivity index (χ0) is 13.9. The molecule has 0 N–H and O–H groups in total. The third kappa shape index (κ3) is 2.42. The molecule has 0 bridgehead atoms. The van der Waals surface area contributed by atoms with E-state index in [1.54, 1.807) is 6.26 Å². The largest absolute Gasteiger partial charge is 0.464 e. The molecule has 20 heavy (non-hydrogen) atoms. The second-order valence-electron chi connectivity index (χ2n) is 5.51. The van der Waals surface area contributed by atoms with E-state index in [2.05, 4.69) is 24.0 Å². The third-order valence-electron chi connectivity index (χ3n) is 3.92. The van der Waals surface area contributed by atoms with Gasteiger partial charge in [0.2, 0.25) is 0 Å². The van der Waals surface area contributed by atoms with Crippen molar-refractivity contribution in [2.24, 2.45) is 5.92 Å². The van der Waals surface area contributed by atoms with Crippen LogP contribution in [0.3, 0.4) is 0 Å². The van der Waals surface area contributed by atoms with Gasteiger partial charge in [0.1, 0.15) is 11.8 Å². The SMILES string of the molecule is CC1CCCN(c2ccc(-c3ccco3)cc2C#N)C1. The molecule has 3 heteroatoms. The number of benzene rings is 1. The van der Waals surface area contributed by atoms with Gasteiger partial charge < -0.3 is 9.32 Å². The van der Waals surface area contributed by atoms with Crippen molar-refractivity contribution < 1.29 is 4.42 Å². The number of rotatable bonds is 2. The van der Waals surface area contributed by atoms with Gasteiger partial charge in [0.05, 0.1) is 17.5 Å². The van der Waals surface area contributed by atoms with Crippen molar-refractivity contribution in [3.8, 4) is 17.4 Å². The summed E-state index contributed by atoms with van der Waals surface area (Å²) < 4.78 is 5.40.